The quantitative estimate of drug-likeness (QED) is 0.846. The van der Waals surface area contributed by atoms with Crippen LogP contribution in [0.15, 0.2) is 18.2 Å². The molecule has 1 aliphatic heterocycles. The zero-order valence-electron chi connectivity index (χ0n) is 11.1. The molecule has 6 heteroatoms. The van der Waals surface area contributed by atoms with Gasteiger partial charge in [-0.25, -0.2) is 14.0 Å². The Bertz CT molecular complexity index is 524. The minimum absolute atomic E-state index is 0.0599. The smallest absolute Gasteiger partial charge is 0.407 e. The average molecular weight is 281 g/mol. The number of halogens is 1. The van der Waals surface area contributed by atoms with Crippen LogP contribution in [0.1, 0.15) is 34.7 Å². The maximum Gasteiger partial charge on any atom is 0.407 e. The van der Waals surface area contributed by atoms with Crippen LogP contribution < -0.4 is 0 Å². The molecule has 0 aromatic heterocycles. The predicted molar refractivity (Wildman–Crippen MR) is 69.3 cm³/mol. The molecule has 0 bridgehead atoms. The Labute approximate surface area is 116 Å². The molecule has 1 heterocycles. The number of hydrogen-bond donors (Lipinski definition) is 1. The number of piperidine rings is 1. The van der Waals surface area contributed by atoms with E-state index in [1.165, 1.54) is 18.1 Å². The van der Waals surface area contributed by atoms with Crippen LogP contribution in [0.3, 0.4) is 0 Å². The van der Waals surface area contributed by atoms with E-state index in [0.717, 1.165) is 11.6 Å². The van der Waals surface area contributed by atoms with E-state index >= 15 is 0 Å². The molecule has 0 aliphatic carbocycles. The van der Waals surface area contributed by atoms with E-state index in [9.17, 15) is 14.0 Å². The second-order valence-electron chi connectivity index (χ2n) is 4.81. The Hall–Kier alpha value is -2.11. The number of methoxy groups -OCH3 is 1. The van der Waals surface area contributed by atoms with Gasteiger partial charge in [-0.3, -0.25) is 0 Å². The molecule has 5 nitrogen and oxygen atoms in total. The van der Waals surface area contributed by atoms with Crippen molar-refractivity contribution in [2.75, 3.05) is 20.2 Å². The number of rotatable bonds is 2. The van der Waals surface area contributed by atoms with E-state index in [0.29, 0.717) is 25.9 Å². The first-order valence-corrected chi connectivity index (χ1v) is 6.38. The number of benzene rings is 1. The van der Waals surface area contributed by atoms with Crippen molar-refractivity contribution in [2.24, 2.45) is 0 Å². The van der Waals surface area contributed by atoms with Crippen LogP contribution in [-0.4, -0.2) is 42.3 Å². The standard InChI is InChI=1S/C14H16FNO4/c1-20-13(17)11-6-10(7-12(15)8-11)9-2-4-16(5-3-9)14(18)19/h6-9H,2-5H2,1H3,(H,18,19). The van der Waals surface area contributed by atoms with Gasteiger partial charge >= 0.3 is 12.1 Å². The predicted octanol–water partition coefficient (Wildman–Crippen LogP) is 2.47. The highest BCUT2D eigenvalue weighted by Gasteiger charge is 2.24. The van der Waals surface area contributed by atoms with E-state index < -0.39 is 17.9 Å². The third-order valence-corrected chi connectivity index (χ3v) is 3.58. The Morgan fingerprint density at radius 3 is 2.50 bits per heavy atom. The molecule has 1 aliphatic rings. The number of carbonyl (C=O) groups excluding carboxylic acids is 1. The van der Waals surface area contributed by atoms with Crippen LogP contribution in [0.5, 0.6) is 0 Å². The maximum absolute atomic E-state index is 13.6. The second-order valence-corrected chi connectivity index (χ2v) is 4.81. The van der Waals surface area contributed by atoms with Crippen LogP contribution >= 0.6 is 0 Å². The summed E-state index contributed by atoms with van der Waals surface area (Å²) in [4.78, 5) is 23.7. The summed E-state index contributed by atoms with van der Waals surface area (Å²) >= 11 is 0. The molecule has 20 heavy (non-hydrogen) atoms. The molecule has 1 fully saturated rings. The molecule has 0 atom stereocenters. The number of amides is 1. The Morgan fingerprint density at radius 1 is 1.30 bits per heavy atom. The van der Waals surface area contributed by atoms with Gasteiger partial charge in [-0.2, -0.15) is 0 Å². The molecule has 0 unspecified atom stereocenters. The lowest BCUT2D eigenvalue weighted by Crippen LogP contribution is -2.36. The van der Waals surface area contributed by atoms with Crippen molar-refractivity contribution in [2.45, 2.75) is 18.8 Å². The van der Waals surface area contributed by atoms with Gasteiger partial charge in [0.25, 0.3) is 0 Å². The normalized spacial score (nSPS) is 16.0. The molecule has 1 amide bonds. The van der Waals surface area contributed by atoms with E-state index in [4.69, 9.17) is 5.11 Å². The largest absolute Gasteiger partial charge is 0.465 e. The van der Waals surface area contributed by atoms with E-state index in [-0.39, 0.29) is 11.5 Å². The summed E-state index contributed by atoms with van der Waals surface area (Å²) < 4.78 is 18.2. The highest BCUT2D eigenvalue weighted by Crippen LogP contribution is 2.29. The van der Waals surface area contributed by atoms with Crippen molar-refractivity contribution in [3.05, 3.63) is 35.1 Å². The van der Waals surface area contributed by atoms with E-state index in [1.54, 1.807) is 6.07 Å². The molecule has 1 aromatic carbocycles. The van der Waals surface area contributed by atoms with Crippen LogP contribution in [0.4, 0.5) is 9.18 Å². The zero-order chi connectivity index (χ0) is 14.7. The summed E-state index contributed by atoms with van der Waals surface area (Å²) in [6.45, 7) is 0.841. The summed E-state index contributed by atoms with van der Waals surface area (Å²) in [6.07, 6.45) is 0.310. The van der Waals surface area contributed by atoms with Crippen LogP contribution in [-0.2, 0) is 4.74 Å². The Morgan fingerprint density at radius 2 is 1.95 bits per heavy atom. The molecule has 1 N–H and O–H groups in total. The van der Waals surface area contributed by atoms with Crippen molar-refractivity contribution < 1.29 is 23.8 Å². The zero-order valence-corrected chi connectivity index (χ0v) is 11.1. The molecule has 1 saturated heterocycles. The molecule has 1 aromatic rings. The first-order valence-electron chi connectivity index (χ1n) is 6.38. The van der Waals surface area contributed by atoms with Gasteiger partial charge in [-0.05, 0) is 42.5 Å². The molecular formula is C14H16FNO4. The fourth-order valence-electron chi connectivity index (χ4n) is 2.49. The summed E-state index contributed by atoms with van der Waals surface area (Å²) in [6, 6.07) is 4.16. The fourth-order valence-corrected chi connectivity index (χ4v) is 2.49. The molecule has 0 spiro atoms. The molecular weight excluding hydrogens is 265 g/mol. The summed E-state index contributed by atoms with van der Waals surface area (Å²) in [5.41, 5.74) is 0.901. The lowest BCUT2D eigenvalue weighted by molar-refractivity contribution is 0.0600. The van der Waals surface area contributed by atoms with Gasteiger partial charge in [0.05, 0.1) is 12.7 Å². The number of ether oxygens (including phenoxy) is 1. The molecule has 0 radical (unpaired) electrons. The van der Waals surface area contributed by atoms with Gasteiger partial charge in [0.1, 0.15) is 5.82 Å². The molecule has 0 saturated carbocycles. The first-order chi connectivity index (χ1) is 9.51. The van der Waals surface area contributed by atoms with Crippen LogP contribution in [0, 0.1) is 5.82 Å². The number of carbonyl (C=O) groups is 2. The van der Waals surface area contributed by atoms with Crippen LogP contribution in [0.25, 0.3) is 0 Å². The van der Waals surface area contributed by atoms with Crippen molar-refractivity contribution in [1.82, 2.24) is 4.90 Å². The number of carboxylic acid groups (broad SMARTS) is 1. The van der Waals surface area contributed by atoms with Gasteiger partial charge in [0.2, 0.25) is 0 Å². The van der Waals surface area contributed by atoms with Crippen LogP contribution in [0.2, 0.25) is 0 Å². The highest BCUT2D eigenvalue weighted by molar-refractivity contribution is 5.89. The lowest BCUT2D eigenvalue weighted by atomic mass is 9.88. The van der Waals surface area contributed by atoms with Crippen molar-refractivity contribution in [3.63, 3.8) is 0 Å². The van der Waals surface area contributed by atoms with E-state index in [1.807, 2.05) is 0 Å². The molecule has 108 valence electrons. The number of hydrogen-bond acceptors (Lipinski definition) is 3. The third kappa shape index (κ3) is 3.07. The fraction of sp³-hybridized carbons (Fsp3) is 0.429. The van der Waals surface area contributed by atoms with Crippen molar-refractivity contribution in [3.8, 4) is 0 Å². The van der Waals surface area contributed by atoms with Gasteiger partial charge in [-0.15, -0.1) is 0 Å². The summed E-state index contributed by atoms with van der Waals surface area (Å²) in [7, 11) is 1.25. The number of nitrogens with zero attached hydrogens (tertiary/aromatic N) is 1. The Kier molecular flexibility index (Phi) is 4.22. The minimum atomic E-state index is -0.932. The lowest BCUT2D eigenvalue weighted by Gasteiger charge is -2.30. The molecule has 2 rings (SSSR count). The monoisotopic (exact) mass is 281 g/mol. The van der Waals surface area contributed by atoms with Gasteiger partial charge < -0.3 is 14.7 Å². The minimum Gasteiger partial charge on any atom is -0.465 e. The summed E-state index contributed by atoms with van der Waals surface area (Å²) in [5, 5.41) is 8.89. The maximum atomic E-state index is 13.6. The van der Waals surface area contributed by atoms with Gasteiger partial charge in [0.15, 0.2) is 0 Å². The third-order valence-electron chi connectivity index (χ3n) is 3.58. The van der Waals surface area contributed by atoms with Gasteiger partial charge in [0, 0.05) is 13.1 Å². The number of likely N-dealkylation sites (tertiary alicyclic amines) is 1. The SMILES string of the molecule is COC(=O)c1cc(F)cc(C2CCN(C(=O)O)CC2)c1. The first kappa shape index (κ1) is 14.3. The highest BCUT2D eigenvalue weighted by atomic mass is 19.1. The second kappa shape index (κ2) is 5.90. The van der Waals surface area contributed by atoms with Crippen molar-refractivity contribution >= 4 is 12.1 Å². The Balaban J connectivity index is 2.15. The number of esters is 1. The summed E-state index contributed by atoms with van der Waals surface area (Å²) in [5.74, 6) is -0.998. The van der Waals surface area contributed by atoms with Gasteiger partial charge in [-0.1, -0.05) is 0 Å². The van der Waals surface area contributed by atoms with E-state index in [2.05, 4.69) is 4.74 Å². The van der Waals surface area contributed by atoms with Crippen molar-refractivity contribution in [1.29, 1.82) is 0 Å². The average Bonchev–Trinajstić information content (AvgIpc) is 2.45. The topological polar surface area (TPSA) is 66.8 Å².